The van der Waals surface area contributed by atoms with E-state index in [1.165, 1.54) is 25.0 Å². The highest BCUT2D eigenvalue weighted by atomic mass is 19.1. The van der Waals surface area contributed by atoms with Crippen LogP contribution in [-0.2, 0) is 10.3 Å². The Balaban J connectivity index is 1.54. The van der Waals surface area contributed by atoms with Crippen LogP contribution in [-0.4, -0.2) is 19.0 Å². The van der Waals surface area contributed by atoms with Gasteiger partial charge in [0, 0.05) is 0 Å². The summed E-state index contributed by atoms with van der Waals surface area (Å²) < 4.78 is 13.2. The maximum atomic E-state index is 13.2. The molecule has 19 heavy (non-hydrogen) atoms. The van der Waals surface area contributed by atoms with Gasteiger partial charge in [-0.2, -0.15) is 0 Å². The highest BCUT2D eigenvalue weighted by Gasteiger charge is 2.45. The number of amides is 1. The van der Waals surface area contributed by atoms with Crippen LogP contribution in [0.5, 0.6) is 0 Å². The predicted octanol–water partition coefficient (Wildman–Crippen LogP) is 1.93. The fourth-order valence-electron chi connectivity index (χ4n) is 2.42. The molecule has 2 aliphatic carbocycles. The first-order valence-corrected chi connectivity index (χ1v) is 6.96. The largest absolute Gasteiger partial charge is 0.345 e. The molecular formula is C15H19FN2O. The van der Waals surface area contributed by atoms with Gasteiger partial charge < -0.3 is 10.6 Å². The van der Waals surface area contributed by atoms with E-state index in [9.17, 15) is 9.18 Å². The summed E-state index contributed by atoms with van der Waals surface area (Å²) in [5.41, 5.74) is 0.559. The van der Waals surface area contributed by atoms with Crippen LogP contribution in [0.1, 0.15) is 31.2 Å². The highest BCUT2D eigenvalue weighted by Crippen LogP contribution is 2.45. The first-order chi connectivity index (χ1) is 9.18. The fourth-order valence-corrected chi connectivity index (χ4v) is 2.42. The fraction of sp³-hybridized carbons (Fsp3) is 0.533. The number of halogens is 1. The smallest absolute Gasteiger partial charge is 0.234 e. The summed E-state index contributed by atoms with van der Waals surface area (Å²) in [6, 6.07) is 6.53. The molecule has 2 fully saturated rings. The lowest BCUT2D eigenvalue weighted by molar-refractivity contribution is -0.121. The maximum Gasteiger partial charge on any atom is 0.234 e. The second kappa shape index (κ2) is 4.93. The minimum absolute atomic E-state index is 0.00223. The summed E-state index contributed by atoms with van der Waals surface area (Å²) in [5.74, 6) is 0.526. The molecule has 0 aliphatic heterocycles. The quantitative estimate of drug-likeness (QED) is 0.822. The van der Waals surface area contributed by atoms with Gasteiger partial charge in [0.25, 0.3) is 0 Å². The van der Waals surface area contributed by atoms with Gasteiger partial charge in [0.2, 0.25) is 5.91 Å². The van der Waals surface area contributed by atoms with Crippen molar-refractivity contribution in [2.75, 3.05) is 13.1 Å². The van der Waals surface area contributed by atoms with Crippen molar-refractivity contribution in [2.45, 2.75) is 31.2 Å². The first-order valence-electron chi connectivity index (χ1n) is 6.96. The van der Waals surface area contributed by atoms with Gasteiger partial charge >= 0.3 is 0 Å². The van der Waals surface area contributed by atoms with Crippen LogP contribution in [0.2, 0.25) is 0 Å². The molecule has 2 N–H and O–H groups in total. The number of nitrogens with one attached hydrogen (secondary N) is 2. The molecule has 0 saturated heterocycles. The molecule has 2 saturated carbocycles. The Bertz CT molecular complexity index is 481. The summed E-state index contributed by atoms with van der Waals surface area (Å²) in [4.78, 5) is 11.9. The van der Waals surface area contributed by atoms with Gasteiger partial charge in [0.15, 0.2) is 0 Å². The molecule has 1 amide bonds. The maximum absolute atomic E-state index is 13.2. The van der Waals surface area contributed by atoms with E-state index in [-0.39, 0.29) is 17.3 Å². The Morgan fingerprint density at radius 3 is 2.79 bits per heavy atom. The third-order valence-corrected chi connectivity index (χ3v) is 3.92. The van der Waals surface area contributed by atoms with E-state index in [4.69, 9.17) is 0 Å². The van der Waals surface area contributed by atoms with Gasteiger partial charge in [-0.3, -0.25) is 4.79 Å². The minimum Gasteiger partial charge on any atom is -0.345 e. The molecule has 1 aromatic carbocycles. The number of benzene rings is 1. The third kappa shape index (κ3) is 3.13. The lowest BCUT2D eigenvalue weighted by Crippen LogP contribution is -2.41. The molecular weight excluding hydrogens is 243 g/mol. The Hall–Kier alpha value is -1.42. The van der Waals surface area contributed by atoms with Crippen LogP contribution >= 0.6 is 0 Å². The van der Waals surface area contributed by atoms with Gasteiger partial charge in [0.05, 0.1) is 12.1 Å². The standard InChI is InChI=1S/C15H19FN2O/c16-13-3-1-2-12(8-13)15(6-7-15)18-14(19)10-17-9-11-4-5-11/h1-3,8,11,17H,4-7,9-10H2,(H,18,19). The van der Waals surface area contributed by atoms with Crippen molar-refractivity contribution >= 4 is 5.91 Å². The molecule has 4 heteroatoms. The Kier molecular flexibility index (Phi) is 3.27. The van der Waals surface area contributed by atoms with Crippen molar-refractivity contribution in [1.29, 1.82) is 0 Å². The minimum atomic E-state index is -0.319. The Morgan fingerprint density at radius 2 is 2.16 bits per heavy atom. The molecule has 0 aromatic heterocycles. The average molecular weight is 262 g/mol. The van der Waals surface area contributed by atoms with Crippen LogP contribution in [0.15, 0.2) is 24.3 Å². The summed E-state index contributed by atoms with van der Waals surface area (Å²) in [6.07, 6.45) is 4.35. The van der Waals surface area contributed by atoms with Gasteiger partial charge in [-0.1, -0.05) is 12.1 Å². The third-order valence-electron chi connectivity index (χ3n) is 3.92. The second-order valence-corrected chi connectivity index (χ2v) is 5.71. The number of hydrogen-bond donors (Lipinski definition) is 2. The molecule has 0 heterocycles. The summed E-state index contributed by atoms with van der Waals surface area (Å²) in [5, 5.41) is 6.21. The van der Waals surface area contributed by atoms with Gasteiger partial charge in [-0.05, 0) is 55.8 Å². The predicted molar refractivity (Wildman–Crippen MR) is 71.0 cm³/mol. The highest BCUT2D eigenvalue weighted by molar-refractivity contribution is 5.79. The van der Waals surface area contributed by atoms with E-state index in [1.54, 1.807) is 6.07 Å². The van der Waals surface area contributed by atoms with Crippen LogP contribution in [0.25, 0.3) is 0 Å². The zero-order chi connectivity index (χ0) is 13.3. The summed E-state index contributed by atoms with van der Waals surface area (Å²) in [7, 11) is 0. The van der Waals surface area contributed by atoms with E-state index in [0.29, 0.717) is 6.54 Å². The number of hydrogen-bond acceptors (Lipinski definition) is 2. The van der Waals surface area contributed by atoms with Crippen molar-refractivity contribution in [2.24, 2.45) is 5.92 Å². The first kappa shape index (κ1) is 12.6. The molecule has 3 rings (SSSR count). The SMILES string of the molecule is O=C(CNCC1CC1)NC1(c2cccc(F)c2)CC1. The average Bonchev–Trinajstić information content (AvgIpc) is 3.25. The summed E-state index contributed by atoms with van der Waals surface area (Å²) >= 11 is 0. The lowest BCUT2D eigenvalue weighted by Gasteiger charge is -2.18. The molecule has 102 valence electrons. The van der Waals surface area contributed by atoms with Crippen molar-refractivity contribution in [3.8, 4) is 0 Å². The second-order valence-electron chi connectivity index (χ2n) is 5.71. The summed E-state index contributed by atoms with van der Waals surface area (Å²) in [6.45, 7) is 1.29. The van der Waals surface area contributed by atoms with Gasteiger partial charge in [0.1, 0.15) is 5.82 Å². The van der Waals surface area contributed by atoms with Gasteiger partial charge in [-0.25, -0.2) is 4.39 Å². The monoisotopic (exact) mass is 262 g/mol. The Morgan fingerprint density at radius 1 is 1.37 bits per heavy atom. The number of carbonyl (C=O) groups is 1. The molecule has 3 nitrogen and oxygen atoms in total. The number of rotatable bonds is 6. The molecule has 1 aromatic rings. The van der Waals surface area contributed by atoms with Crippen LogP contribution in [0.3, 0.4) is 0 Å². The normalized spacial score (nSPS) is 20.1. The van der Waals surface area contributed by atoms with Crippen LogP contribution < -0.4 is 10.6 Å². The Labute approximate surface area is 112 Å². The van der Waals surface area contributed by atoms with E-state index in [0.717, 1.165) is 30.9 Å². The molecule has 0 spiro atoms. The molecule has 0 unspecified atom stereocenters. The van der Waals surface area contributed by atoms with Crippen molar-refractivity contribution in [3.05, 3.63) is 35.6 Å². The van der Waals surface area contributed by atoms with E-state index < -0.39 is 0 Å². The molecule has 2 aliphatic rings. The topological polar surface area (TPSA) is 41.1 Å². The number of carbonyl (C=O) groups excluding carboxylic acids is 1. The molecule has 0 radical (unpaired) electrons. The van der Waals surface area contributed by atoms with Crippen molar-refractivity contribution in [3.63, 3.8) is 0 Å². The van der Waals surface area contributed by atoms with Crippen LogP contribution in [0, 0.1) is 11.7 Å². The van der Waals surface area contributed by atoms with E-state index >= 15 is 0 Å². The zero-order valence-electron chi connectivity index (χ0n) is 10.9. The molecule has 0 bridgehead atoms. The van der Waals surface area contributed by atoms with Gasteiger partial charge in [-0.15, -0.1) is 0 Å². The lowest BCUT2D eigenvalue weighted by atomic mass is 10.0. The van der Waals surface area contributed by atoms with E-state index in [2.05, 4.69) is 10.6 Å². The van der Waals surface area contributed by atoms with Crippen molar-refractivity contribution < 1.29 is 9.18 Å². The van der Waals surface area contributed by atoms with Crippen molar-refractivity contribution in [1.82, 2.24) is 10.6 Å². The zero-order valence-corrected chi connectivity index (χ0v) is 10.9. The van der Waals surface area contributed by atoms with Crippen LogP contribution in [0.4, 0.5) is 4.39 Å². The van der Waals surface area contributed by atoms with E-state index in [1.807, 2.05) is 6.07 Å². The molecule has 0 atom stereocenters.